The minimum atomic E-state index is -1.08. The van der Waals surface area contributed by atoms with Crippen molar-refractivity contribution in [3.8, 4) is 16.9 Å². The normalized spacial score (nSPS) is 16.2. The molecule has 2 N–H and O–H groups in total. The molecule has 0 fully saturated rings. The van der Waals surface area contributed by atoms with Crippen molar-refractivity contribution >= 4 is 62.6 Å². The summed E-state index contributed by atoms with van der Waals surface area (Å²) in [6, 6.07) is 16.7. The molecule has 4 heterocycles. The zero-order valence-corrected chi connectivity index (χ0v) is 29.7. The number of fused-ring (bicyclic) bond motifs is 4. The third-order valence-electron chi connectivity index (χ3n) is 9.75. The van der Waals surface area contributed by atoms with Crippen LogP contribution in [0.15, 0.2) is 54.6 Å². The minimum absolute atomic E-state index is 0.0406. The highest BCUT2D eigenvalue weighted by atomic mass is 35.5. The molecule has 3 aromatic heterocycles. The van der Waals surface area contributed by atoms with Crippen molar-refractivity contribution < 1.29 is 19.4 Å². The first kappa shape index (κ1) is 32.8. The molecule has 0 spiro atoms. The lowest BCUT2D eigenvalue weighted by Crippen LogP contribution is -2.48. The van der Waals surface area contributed by atoms with Gasteiger partial charge in [0, 0.05) is 39.7 Å². The largest absolute Gasteiger partial charge is 0.494 e. The molecule has 1 aliphatic heterocycles. The van der Waals surface area contributed by atoms with E-state index in [1.165, 1.54) is 0 Å². The predicted molar refractivity (Wildman–Crippen MR) is 195 cm³/mol. The number of carbonyl (C=O) groups is 2. The number of ether oxygens (including phenoxy) is 1. The fourth-order valence-electron chi connectivity index (χ4n) is 7.38. The van der Waals surface area contributed by atoms with Crippen LogP contribution in [0, 0.1) is 27.7 Å². The molecule has 6 aromatic rings. The number of carboxylic acid groups (broad SMARTS) is 1. The van der Waals surface area contributed by atoms with Crippen LogP contribution in [0.5, 0.6) is 5.75 Å². The molecule has 9 nitrogen and oxygen atoms in total. The van der Waals surface area contributed by atoms with E-state index in [0.29, 0.717) is 41.7 Å². The van der Waals surface area contributed by atoms with E-state index in [1.807, 2.05) is 69.8 Å². The van der Waals surface area contributed by atoms with Crippen LogP contribution < -0.4 is 9.64 Å². The molecule has 0 aliphatic carbocycles. The average Bonchev–Trinajstić information content (AvgIpc) is 3.73. The maximum absolute atomic E-state index is 14.9. The lowest BCUT2D eigenvalue weighted by molar-refractivity contribution is 0.0691. The zero-order valence-electron chi connectivity index (χ0n) is 28.2. The molecule has 3 aromatic carbocycles. The Bertz CT molecular complexity index is 2290. The van der Waals surface area contributed by atoms with Crippen LogP contribution in [0.4, 0.5) is 5.69 Å². The second-order valence-corrected chi connectivity index (χ2v) is 13.7. The van der Waals surface area contributed by atoms with Gasteiger partial charge in [0.15, 0.2) is 0 Å². The number of benzene rings is 3. The summed E-state index contributed by atoms with van der Waals surface area (Å²) in [7, 11) is 1.93. The van der Waals surface area contributed by atoms with Crippen LogP contribution in [-0.4, -0.2) is 48.4 Å². The molecule has 1 amide bonds. The van der Waals surface area contributed by atoms with Gasteiger partial charge in [0.2, 0.25) is 0 Å². The maximum atomic E-state index is 14.9. The molecule has 2 atom stereocenters. The summed E-state index contributed by atoms with van der Waals surface area (Å²) in [6.45, 7) is 10.4. The van der Waals surface area contributed by atoms with Crippen molar-refractivity contribution in [1.82, 2.24) is 19.3 Å². The summed E-state index contributed by atoms with van der Waals surface area (Å²) < 4.78 is 10.2. The fourth-order valence-corrected chi connectivity index (χ4v) is 7.80. The molecule has 1 unspecified atom stereocenters. The van der Waals surface area contributed by atoms with Gasteiger partial charge in [0.25, 0.3) is 5.91 Å². The van der Waals surface area contributed by atoms with Gasteiger partial charge >= 0.3 is 5.97 Å². The van der Waals surface area contributed by atoms with E-state index in [-0.39, 0.29) is 17.6 Å². The summed E-state index contributed by atoms with van der Waals surface area (Å²) in [5, 5.41) is 16.8. The lowest BCUT2D eigenvalue weighted by atomic mass is 9.98. The fraction of sp³-hybridized carbons (Fsp3) is 0.289. The van der Waals surface area contributed by atoms with Crippen molar-refractivity contribution in [1.29, 1.82) is 0 Å². The Morgan fingerprint density at radius 3 is 2.45 bits per heavy atom. The summed E-state index contributed by atoms with van der Waals surface area (Å²) in [5.74, 6) is -0.572. The van der Waals surface area contributed by atoms with Gasteiger partial charge < -0.3 is 19.4 Å². The number of amides is 1. The van der Waals surface area contributed by atoms with Gasteiger partial charge in [-0.3, -0.25) is 14.4 Å². The van der Waals surface area contributed by atoms with Gasteiger partial charge in [-0.2, -0.15) is 5.10 Å². The van der Waals surface area contributed by atoms with Gasteiger partial charge in [-0.05, 0) is 88.4 Å². The molecule has 252 valence electrons. The lowest BCUT2D eigenvalue weighted by Gasteiger charge is -2.38. The number of nitrogens with zero attached hydrogens (tertiary/aromatic N) is 4. The number of rotatable bonds is 8. The van der Waals surface area contributed by atoms with Gasteiger partial charge in [0.05, 0.1) is 35.1 Å². The van der Waals surface area contributed by atoms with Crippen molar-refractivity contribution in [2.75, 3.05) is 11.5 Å². The van der Waals surface area contributed by atoms with Crippen LogP contribution in [0.3, 0.4) is 0 Å². The number of hydrogen-bond donors (Lipinski definition) is 2. The van der Waals surface area contributed by atoms with E-state index in [2.05, 4.69) is 28.6 Å². The number of aromatic carboxylic acids is 1. The van der Waals surface area contributed by atoms with Crippen LogP contribution in [0.1, 0.15) is 68.4 Å². The Hall–Kier alpha value is -4.73. The summed E-state index contributed by atoms with van der Waals surface area (Å²) in [4.78, 5) is 31.4. The third kappa shape index (κ3) is 5.27. The summed E-state index contributed by atoms with van der Waals surface area (Å²) >= 11 is 13.7. The Kier molecular flexibility index (Phi) is 8.24. The summed E-state index contributed by atoms with van der Waals surface area (Å²) in [6.07, 6.45) is 1.23. The zero-order chi connectivity index (χ0) is 34.9. The number of aromatic nitrogens is 4. The molecule has 0 saturated carbocycles. The Labute approximate surface area is 294 Å². The second-order valence-electron chi connectivity index (χ2n) is 12.9. The topological polar surface area (TPSA) is 105 Å². The molecular formula is C38H37Cl2N5O4. The van der Waals surface area contributed by atoms with Gasteiger partial charge in [0.1, 0.15) is 22.6 Å². The van der Waals surface area contributed by atoms with Gasteiger partial charge in [-0.25, -0.2) is 4.79 Å². The van der Waals surface area contributed by atoms with Crippen LogP contribution in [-0.2, 0) is 13.5 Å². The highest BCUT2D eigenvalue weighted by molar-refractivity contribution is 6.32. The number of alkyl halides is 1. The Balaban J connectivity index is 1.37. The third-order valence-corrected chi connectivity index (χ3v) is 10.9. The smallest absolute Gasteiger partial charge is 0.352 e. The van der Waals surface area contributed by atoms with Crippen molar-refractivity contribution in [3.05, 3.63) is 99.1 Å². The molecule has 11 heteroatoms. The first-order valence-electron chi connectivity index (χ1n) is 16.3. The Morgan fingerprint density at radius 1 is 1.06 bits per heavy atom. The standard InChI is InChI=1S/C38H37Cl2N5O4/c1-19-16-25(17-20(2)32(19)39)49-15-9-13-27-26-11-8-12-28(31-21(3)42-43(6)22(31)4)34(26)44-23(5)36(40)45(37(46)35(27)44)30-14-7-10-24-18-29(38(47)48)41-33(24)30/h7-8,10-12,14,16-18,23,36,41H,9,13,15H2,1-6H3,(H,47,48)/t23-,36?/m1/s1. The van der Waals surface area contributed by atoms with E-state index in [9.17, 15) is 14.7 Å². The van der Waals surface area contributed by atoms with E-state index < -0.39 is 11.5 Å². The Morgan fingerprint density at radius 2 is 1.78 bits per heavy atom. The molecule has 7 rings (SSSR count). The van der Waals surface area contributed by atoms with Crippen molar-refractivity contribution in [3.63, 3.8) is 0 Å². The monoisotopic (exact) mass is 697 g/mol. The maximum Gasteiger partial charge on any atom is 0.352 e. The number of aryl methyl sites for hydroxylation is 5. The van der Waals surface area contributed by atoms with Crippen molar-refractivity contribution in [2.45, 2.75) is 59.0 Å². The van der Waals surface area contributed by atoms with E-state index in [4.69, 9.17) is 33.0 Å². The van der Waals surface area contributed by atoms with E-state index in [1.54, 1.807) is 17.0 Å². The number of halogens is 2. The number of H-pyrrole nitrogens is 1. The highest BCUT2D eigenvalue weighted by Gasteiger charge is 2.42. The van der Waals surface area contributed by atoms with Gasteiger partial charge in [-0.1, -0.05) is 53.5 Å². The second kappa shape index (κ2) is 12.3. The van der Waals surface area contributed by atoms with Crippen LogP contribution in [0.25, 0.3) is 32.9 Å². The minimum Gasteiger partial charge on any atom is -0.494 e. The number of aromatic amines is 1. The predicted octanol–water partition coefficient (Wildman–Crippen LogP) is 8.91. The van der Waals surface area contributed by atoms with Gasteiger partial charge in [-0.15, -0.1) is 0 Å². The van der Waals surface area contributed by atoms with E-state index >= 15 is 0 Å². The molecule has 0 bridgehead atoms. The van der Waals surface area contributed by atoms with Crippen molar-refractivity contribution in [2.24, 2.45) is 7.05 Å². The number of carbonyl (C=O) groups excluding carboxylic acids is 1. The molecule has 0 saturated heterocycles. The number of para-hydroxylation sites is 2. The molecular weight excluding hydrogens is 661 g/mol. The summed E-state index contributed by atoms with van der Waals surface area (Å²) in [5.41, 5.74) is 8.62. The number of hydrogen-bond acceptors (Lipinski definition) is 4. The number of carboxylic acids is 1. The molecule has 49 heavy (non-hydrogen) atoms. The molecule has 0 radical (unpaired) electrons. The molecule has 1 aliphatic rings. The first-order valence-corrected chi connectivity index (χ1v) is 17.1. The van der Waals surface area contributed by atoms with Crippen LogP contribution >= 0.6 is 23.2 Å². The first-order chi connectivity index (χ1) is 23.4. The van der Waals surface area contributed by atoms with Crippen LogP contribution in [0.2, 0.25) is 5.02 Å². The SMILES string of the molecule is Cc1cc(OCCCc2c3n(c4c(-c5c(C)nn(C)c5C)cccc24)[C@H](C)C(Cl)N(c2cccc4cc(C(=O)O)[nH]c24)C3=O)cc(C)c1Cl. The number of anilines is 1. The quantitative estimate of drug-likeness (QED) is 0.0939. The highest BCUT2D eigenvalue weighted by Crippen LogP contribution is 2.45. The average molecular weight is 699 g/mol. The number of nitrogens with one attached hydrogen (secondary N) is 1. The van der Waals surface area contributed by atoms with E-state index in [0.717, 1.165) is 60.9 Å².